The Morgan fingerprint density at radius 1 is 1.57 bits per heavy atom. The number of nitrogens with one attached hydrogen (secondary N) is 1. The van der Waals surface area contributed by atoms with E-state index in [0.717, 1.165) is 16.8 Å². The van der Waals surface area contributed by atoms with Crippen molar-refractivity contribution in [2.45, 2.75) is 19.3 Å². The van der Waals surface area contributed by atoms with E-state index in [1.807, 2.05) is 25.1 Å². The third-order valence-electron chi connectivity index (χ3n) is 2.60. The summed E-state index contributed by atoms with van der Waals surface area (Å²) >= 11 is 0. The molecule has 1 amide bonds. The van der Waals surface area contributed by atoms with Crippen LogP contribution in [-0.2, 0) is 11.2 Å². The van der Waals surface area contributed by atoms with Gasteiger partial charge in [0.25, 0.3) is 0 Å². The van der Waals surface area contributed by atoms with Gasteiger partial charge in [-0.3, -0.25) is 4.79 Å². The molecule has 1 heterocycles. The molecule has 0 radical (unpaired) electrons. The summed E-state index contributed by atoms with van der Waals surface area (Å²) in [5, 5.41) is 11.9. The molecule has 0 bridgehead atoms. The predicted molar refractivity (Wildman–Crippen MR) is 54.3 cm³/mol. The Morgan fingerprint density at radius 2 is 2.36 bits per heavy atom. The molecular weight excluding hydrogens is 178 g/mol. The highest BCUT2D eigenvalue weighted by molar-refractivity contribution is 6.00. The van der Waals surface area contributed by atoms with Gasteiger partial charge in [0.2, 0.25) is 5.91 Å². The van der Waals surface area contributed by atoms with Crippen molar-refractivity contribution in [1.82, 2.24) is 0 Å². The van der Waals surface area contributed by atoms with E-state index in [9.17, 15) is 4.79 Å². The fourth-order valence-electron chi connectivity index (χ4n) is 1.79. The molecule has 1 atom stereocenters. The fraction of sp³-hybridized carbons (Fsp3) is 0.364. The van der Waals surface area contributed by atoms with Crippen LogP contribution in [0.1, 0.15) is 24.0 Å². The number of carbonyl (C=O) groups excluding carboxylic acids is 1. The van der Waals surface area contributed by atoms with Crippen molar-refractivity contribution in [2.24, 2.45) is 0 Å². The summed E-state index contributed by atoms with van der Waals surface area (Å²) in [6.45, 7) is 2.05. The topological polar surface area (TPSA) is 49.3 Å². The number of aliphatic hydroxyl groups is 1. The van der Waals surface area contributed by atoms with Gasteiger partial charge < -0.3 is 10.4 Å². The number of carbonyl (C=O) groups is 1. The van der Waals surface area contributed by atoms with Crippen LogP contribution in [0.4, 0.5) is 5.69 Å². The van der Waals surface area contributed by atoms with Crippen LogP contribution in [-0.4, -0.2) is 17.6 Å². The van der Waals surface area contributed by atoms with Crippen LogP contribution in [0.5, 0.6) is 0 Å². The van der Waals surface area contributed by atoms with Gasteiger partial charge in [-0.15, -0.1) is 0 Å². The van der Waals surface area contributed by atoms with E-state index in [1.165, 1.54) is 0 Å². The van der Waals surface area contributed by atoms with Crippen molar-refractivity contribution in [1.29, 1.82) is 0 Å². The number of anilines is 1. The Labute approximate surface area is 82.8 Å². The molecule has 0 aliphatic carbocycles. The van der Waals surface area contributed by atoms with Crippen molar-refractivity contribution in [3.05, 3.63) is 29.3 Å². The molecular formula is C11H13NO2. The normalized spacial score (nSPS) is 16.3. The van der Waals surface area contributed by atoms with Crippen molar-refractivity contribution in [2.75, 3.05) is 11.9 Å². The Bertz CT molecular complexity index is 374. The first kappa shape index (κ1) is 9.21. The van der Waals surface area contributed by atoms with Gasteiger partial charge >= 0.3 is 0 Å². The SMILES string of the molecule is CC(CO)c1cccc2c1NC(=O)C2. The minimum Gasteiger partial charge on any atom is -0.396 e. The molecule has 0 spiro atoms. The standard InChI is InChI=1S/C11H13NO2/c1-7(6-13)9-4-2-3-8-5-10(14)12-11(8)9/h2-4,7,13H,5-6H2,1H3,(H,12,14). The Hall–Kier alpha value is -1.35. The monoisotopic (exact) mass is 191 g/mol. The Morgan fingerprint density at radius 3 is 3.07 bits per heavy atom. The van der Waals surface area contributed by atoms with Gasteiger partial charge in [0.15, 0.2) is 0 Å². The summed E-state index contributed by atoms with van der Waals surface area (Å²) in [6.07, 6.45) is 0.460. The van der Waals surface area contributed by atoms with Crippen LogP contribution in [0.25, 0.3) is 0 Å². The third kappa shape index (κ3) is 1.40. The van der Waals surface area contributed by atoms with Crippen molar-refractivity contribution >= 4 is 11.6 Å². The summed E-state index contributed by atoms with van der Waals surface area (Å²) in [5.74, 6) is 0.112. The quantitative estimate of drug-likeness (QED) is 0.739. The lowest BCUT2D eigenvalue weighted by Crippen LogP contribution is -2.07. The molecule has 1 aromatic rings. The largest absolute Gasteiger partial charge is 0.396 e. The molecule has 0 saturated heterocycles. The van der Waals surface area contributed by atoms with Gasteiger partial charge in [0.1, 0.15) is 0 Å². The lowest BCUT2D eigenvalue weighted by atomic mass is 9.97. The van der Waals surface area contributed by atoms with Crippen LogP contribution in [0, 0.1) is 0 Å². The molecule has 3 heteroatoms. The maximum atomic E-state index is 11.2. The van der Waals surface area contributed by atoms with E-state index in [0.29, 0.717) is 6.42 Å². The highest BCUT2D eigenvalue weighted by Gasteiger charge is 2.21. The number of fused-ring (bicyclic) bond motifs is 1. The molecule has 0 fully saturated rings. The maximum absolute atomic E-state index is 11.2. The van der Waals surface area contributed by atoms with E-state index in [-0.39, 0.29) is 18.4 Å². The molecule has 3 nitrogen and oxygen atoms in total. The number of hydrogen-bond acceptors (Lipinski definition) is 2. The number of hydrogen-bond donors (Lipinski definition) is 2. The van der Waals surface area contributed by atoms with Gasteiger partial charge in [-0.05, 0) is 11.1 Å². The zero-order chi connectivity index (χ0) is 10.1. The number of benzene rings is 1. The first-order chi connectivity index (χ1) is 6.72. The van der Waals surface area contributed by atoms with Crippen LogP contribution in [0.15, 0.2) is 18.2 Å². The minimum absolute atomic E-state index is 0.0394. The summed E-state index contributed by atoms with van der Waals surface area (Å²) in [7, 11) is 0. The fourth-order valence-corrected chi connectivity index (χ4v) is 1.79. The predicted octanol–water partition coefficient (Wildman–Crippen LogP) is 1.28. The van der Waals surface area contributed by atoms with Crippen molar-refractivity contribution in [3.8, 4) is 0 Å². The maximum Gasteiger partial charge on any atom is 0.228 e. The molecule has 0 saturated carbocycles. The second kappa shape index (κ2) is 3.42. The average Bonchev–Trinajstić information content (AvgIpc) is 2.56. The van der Waals surface area contributed by atoms with Gasteiger partial charge in [-0.2, -0.15) is 0 Å². The third-order valence-corrected chi connectivity index (χ3v) is 2.60. The summed E-state index contributed by atoms with van der Waals surface area (Å²) in [5.41, 5.74) is 2.96. The van der Waals surface area contributed by atoms with Crippen LogP contribution in [0.3, 0.4) is 0 Å². The number of para-hydroxylation sites is 1. The first-order valence-electron chi connectivity index (χ1n) is 4.75. The molecule has 1 unspecified atom stereocenters. The van der Waals surface area contributed by atoms with Crippen molar-refractivity contribution < 1.29 is 9.90 Å². The van der Waals surface area contributed by atoms with E-state index in [2.05, 4.69) is 5.32 Å². The van der Waals surface area contributed by atoms with E-state index in [4.69, 9.17) is 5.11 Å². The van der Waals surface area contributed by atoms with E-state index in [1.54, 1.807) is 0 Å². The molecule has 0 aromatic heterocycles. The number of aliphatic hydroxyl groups excluding tert-OH is 1. The Balaban J connectivity index is 2.44. The van der Waals surface area contributed by atoms with Crippen LogP contribution in [0.2, 0.25) is 0 Å². The smallest absolute Gasteiger partial charge is 0.228 e. The van der Waals surface area contributed by atoms with Crippen LogP contribution >= 0.6 is 0 Å². The second-order valence-electron chi connectivity index (χ2n) is 3.69. The number of rotatable bonds is 2. The molecule has 1 aliphatic heterocycles. The first-order valence-corrected chi connectivity index (χ1v) is 4.75. The van der Waals surface area contributed by atoms with Crippen LogP contribution < -0.4 is 5.32 Å². The molecule has 2 rings (SSSR count). The van der Waals surface area contributed by atoms with Gasteiger partial charge in [-0.25, -0.2) is 0 Å². The van der Waals surface area contributed by atoms with E-state index < -0.39 is 0 Å². The van der Waals surface area contributed by atoms with E-state index >= 15 is 0 Å². The molecule has 1 aromatic carbocycles. The molecule has 2 N–H and O–H groups in total. The lowest BCUT2D eigenvalue weighted by molar-refractivity contribution is -0.115. The van der Waals surface area contributed by atoms with Crippen molar-refractivity contribution in [3.63, 3.8) is 0 Å². The summed E-state index contributed by atoms with van der Waals surface area (Å²) in [6, 6.07) is 5.83. The van der Waals surface area contributed by atoms with Gasteiger partial charge in [0.05, 0.1) is 6.42 Å². The lowest BCUT2D eigenvalue weighted by Gasteiger charge is -2.12. The zero-order valence-electron chi connectivity index (χ0n) is 8.08. The molecule has 1 aliphatic rings. The zero-order valence-corrected chi connectivity index (χ0v) is 8.08. The Kier molecular flexibility index (Phi) is 2.25. The van der Waals surface area contributed by atoms with Gasteiger partial charge in [0, 0.05) is 18.2 Å². The highest BCUT2D eigenvalue weighted by Crippen LogP contribution is 2.31. The second-order valence-corrected chi connectivity index (χ2v) is 3.69. The highest BCUT2D eigenvalue weighted by atomic mass is 16.3. The minimum atomic E-state index is 0.0394. The number of amides is 1. The van der Waals surface area contributed by atoms with Gasteiger partial charge in [-0.1, -0.05) is 25.1 Å². The molecule has 74 valence electrons. The average molecular weight is 191 g/mol. The summed E-state index contributed by atoms with van der Waals surface area (Å²) in [4.78, 5) is 11.2. The molecule has 14 heavy (non-hydrogen) atoms. The summed E-state index contributed by atoms with van der Waals surface area (Å²) < 4.78 is 0.